The van der Waals surface area contributed by atoms with Crippen molar-refractivity contribution in [2.45, 2.75) is 25.8 Å². The second-order valence-electron chi connectivity index (χ2n) is 7.38. The van der Waals surface area contributed by atoms with Crippen LogP contribution in [0.5, 0.6) is 0 Å². The number of nitrogens with zero attached hydrogens (tertiary/aromatic N) is 1. The summed E-state index contributed by atoms with van der Waals surface area (Å²) in [6.45, 7) is 2.50. The van der Waals surface area contributed by atoms with Crippen molar-refractivity contribution < 1.29 is 14.3 Å². The number of hydrazine groups is 1. The normalized spacial score (nSPS) is 11.7. The van der Waals surface area contributed by atoms with E-state index in [4.69, 9.17) is 10.6 Å². The lowest BCUT2D eigenvalue weighted by Crippen LogP contribution is -2.23. The zero-order valence-electron chi connectivity index (χ0n) is 18.5. The van der Waals surface area contributed by atoms with Gasteiger partial charge in [-0.2, -0.15) is 0 Å². The van der Waals surface area contributed by atoms with Crippen LogP contribution in [0.1, 0.15) is 46.3 Å². The van der Waals surface area contributed by atoms with Gasteiger partial charge in [0.05, 0.1) is 18.7 Å². The number of nitrogens with one attached hydrogen (secondary N) is 2. The minimum atomic E-state index is -0.238. The molecule has 0 fully saturated rings. The second kappa shape index (κ2) is 12.2. The first kappa shape index (κ1) is 23.7. The van der Waals surface area contributed by atoms with Crippen LogP contribution < -0.4 is 16.6 Å². The van der Waals surface area contributed by atoms with E-state index in [9.17, 15) is 9.59 Å². The number of carbonyl (C=O) groups excluding carboxylic acids is 2. The molecule has 0 saturated carbocycles. The number of ether oxygens (including phenoxy) is 1. The van der Waals surface area contributed by atoms with E-state index in [0.717, 1.165) is 16.7 Å². The number of hydrogen-bond donors (Lipinski definition) is 3. The molecule has 3 rings (SSSR count). The van der Waals surface area contributed by atoms with Crippen molar-refractivity contribution in [1.29, 1.82) is 0 Å². The zero-order valence-corrected chi connectivity index (χ0v) is 18.5. The first-order valence-corrected chi connectivity index (χ1v) is 10.8. The van der Waals surface area contributed by atoms with Crippen LogP contribution in [0.15, 0.2) is 83.9 Å². The predicted molar refractivity (Wildman–Crippen MR) is 129 cm³/mol. The van der Waals surface area contributed by atoms with Crippen molar-refractivity contribution in [2.24, 2.45) is 10.8 Å². The number of carbonyl (C=O) groups is 2. The Labute approximate surface area is 193 Å². The quantitative estimate of drug-likeness (QED) is 0.145. The van der Waals surface area contributed by atoms with Crippen molar-refractivity contribution in [3.63, 3.8) is 0 Å². The average Bonchev–Trinajstić information content (AvgIpc) is 2.85. The first-order valence-electron chi connectivity index (χ1n) is 10.8. The van der Waals surface area contributed by atoms with E-state index in [-0.39, 0.29) is 24.2 Å². The van der Waals surface area contributed by atoms with E-state index in [1.807, 2.05) is 54.6 Å². The Morgan fingerprint density at radius 1 is 1.00 bits per heavy atom. The van der Waals surface area contributed by atoms with Gasteiger partial charge in [0.1, 0.15) is 6.34 Å². The summed E-state index contributed by atoms with van der Waals surface area (Å²) in [5.41, 5.74) is 6.42. The topological polar surface area (TPSA) is 106 Å². The molecule has 1 amide bonds. The largest absolute Gasteiger partial charge is 0.466 e. The van der Waals surface area contributed by atoms with Crippen LogP contribution >= 0.6 is 0 Å². The number of nitrogens with two attached hydrogens (primary N) is 1. The van der Waals surface area contributed by atoms with Crippen LogP contribution in [0.2, 0.25) is 0 Å². The molecular formula is C26H28N4O3. The molecule has 0 aromatic heterocycles. The molecule has 0 saturated heterocycles. The lowest BCUT2D eigenvalue weighted by atomic mass is 9.88. The van der Waals surface area contributed by atoms with Crippen LogP contribution in [0, 0.1) is 0 Å². The van der Waals surface area contributed by atoms with Gasteiger partial charge in [-0.25, -0.2) is 10.8 Å². The second-order valence-corrected chi connectivity index (χ2v) is 7.38. The molecule has 0 aliphatic carbocycles. The summed E-state index contributed by atoms with van der Waals surface area (Å²) in [5, 5.41) is 2.94. The third-order valence-corrected chi connectivity index (χ3v) is 5.08. The summed E-state index contributed by atoms with van der Waals surface area (Å²) in [7, 11) is 0. The van der Waals surface area contributed by atoms with Crippen LogP contribution in [0.4, 0.5) is 5.69 Å². The molecule has 3 aromatic carbocycles. The minimum absolute atomic E-state index is 0.133. The molecule has 1 unspecified atom stereocenters. The van der Waals surface area contributed by atoms with Gasteiger partial charge < -0.3 is 15.5 Å². The molecule has 0 aliphatic rings. The van der Waals surface area contributed by atoms with Crippen LogP contribution in [0.3, 0.4) is 0 Å². The molecule has 170 valence electrons. The van der Waals surface area contributed by atoms with Gasteiger partial charge in [-0.05, 0) is 41.8 Å². The number of rotatable bonds is 10. The molecule has 0 bridgehead atoms. The minimum Gasteiger partial charge on any atom is -0.466 e. The Bertz CT molecular complexity index is 1100. The third-order valence-electron chi connectivity index (χ3n) is 5.08. The number of hydrogen-bond acceptors (Lipinski definition) is 5. The van der Waals surface area contributed by atoms with E-state index < -0.39 is 0 Å². The summed E-state index contributed by atoms with van der Waals surface area (Å²) < 4.78 is 5.19. The molecular weight excluding hydrogens is 416 g/mol. The molecule has 3 aromatic rings. The average molecular weight is 445 g/mol. The SMILES string of the molecule is CCOC(=O)CC(c1ccccc1)c1cccc(CNC(=O)c2cccc(N=CNN)c2)c1. The number of amides is 1. The number of esters is 1. The van der Waals surface area contributed by atoms with Crippen molar-refractivity contribution in [2.75, 3.05) is 6.61 Å². The molecule has 7 heteroatoms. The van der Waals surface area contributed by atoms with Gasteiger partial charge in [0.2, 0.25) is 0 Å². The van der Waals surface area contributed by atoms with Gasteiger partial charge in [-0.3, -0.25) is 9.59 Å². The summed E-state index contributed by atoms with van der Waals surface area (Å²) in [5.74, 6) is 4.62. The van der Waals surface area contributed by atoms with Crippen molar-refractivity contribution in [1.82, 2.24) is 10.7 Å². The van der Waals surface area contributed by atoms with Crippen LogP contribution in [-0.2, 0) is 16.1 Å². The summed E-state index contributed by atoms with van der Waals surface area (Å²) in [6.07, 6.45) is 1.60. The smallest absolute Gasteiger partial charge is 0.306 e. The molecule has 0 heterocycles. The fraction of sp³-hybridized carbons (Fsp3) is 0.192. The van der Waals surface area contributed by atoms with E-state index >= 15 is 0 Å². The number of benzene rings is 3. The first-order chi connectivity index (χ1) is 16.1. The van der Waals surface area contributed by atoms with E-state index in [1.165, 1.54) is 6.34 Å². The molecule has 1 atom stereocenters. The fourth-order valence-electron chi connectivity index (χ4n) is 3.54. The standard InChI is InChI=1S/C26H28N4O3/c1-2-33-25(31)16-24(20-9-4-3-5-10-20)21-11-6-8-19(14-21)17-28-26(32)22-12-7-13-23(15-22)29-18-30-27/h3-15,18,24H,2,16-17,27H2,1H3,(H,28,32)(H,29,30). The number of aliphatic imine (C=N–C) groups is 1. The predicted octanol–water partition coefficient (Wildman–Crippen LogP) is 3.82. The van der Waals surface area contributed by atoms with Gasteiger partial charge in [0, 0.05) is 18.0 Å². The van der Waals surface area contributed by atoms with Crippen molar-refractivity contribution in [3.05, 3.63) is 101 Å². The summed E-state index contributed by atoms with van der Waals surface area (Å²) in [6, 6.07) is 24.7. The van der Waals surface area contributed by atoms with Gasteiger partial charge in [-0.15, -0.1) is 0 Å². The molecule has 0 spiro atoms. The van der Waals surface area contributed by atoms with E-state index in [1.54, 1.807) is 31.2 Å². The van der Waals surface area contributed by atoms with Crippen molar-refractivity contribution in [3.8, 4) is 0 Å². The van der Waals surface area contributed by atoms with Gasteiger partial charge in [-0.1, -0.05) is 60.7 Å². The summed E-state index contributed by atoms with van der Waals surface area (Å²) in [4.78, 5) is 29.0. The maximum absolute atomic E-state index is 12.6. The Balaban J connectivity index is 1.74. The molecule has 7 nitrogen and oxygen atoms in total. The summed E-state index contributed by atoms with van der Waals surface area (Å²) >= 11 is 0. The third kappa shape index (κ3) is 7.02. The van der Waals surface area contributed by atoms with Crippen LogP contribution in [0.25, 0.3) is 0 Å². The highest BCUT2D eigenvalue weighted by Crippen LogP contribution is 2.29. The maximum Gasteiger partial charge on any atom is 0.306 e. The Morgan fingerprint density at radius 3 is 2.52 bits per heavy atom. The maximum atomic E-state index is 12.6. The highest BCUT2D eigenvalue weighted by Gasteiger charge is 2.19. The van der Waals surface area contributed by atoms with Crippen molar-refractivity contribution >= 4 is 23.9 Å². The highest BCUT2D eigenvalue weighted by atomic mass is 16.5. The molecule has 0 aliphatic heterocycles. The molecule has 33 heavy (non-hydrogen) atoms. The van der Waals surface area contributed by atoms with E-state index in [0.29, 0.717) is 24.4 Å². The highest BCUT2D eigenvalue weighted by molar-refractivity contribution is 5.95. The van der Waals surface area contributed by atoms with Crippen LogP contribution in [-0.4, -0.2) is 24.8 Å². The Morgan fingerprint density at radius 2 is 1.76 bits per heavy atom. The Kier molecular flexibility index (Phi) is 8.73. The van der Waals surface area contributed by atoms with E-state index in [2.05, 4.69) is 15.7 Å². The fourth-order valence-corrected chi connectivity index (χ4v) is 3.54. The Hall–Kier alpha value is -3.97. The lowest BCUT2D eigenvalue weighted by molar-refractivity contribution is -0.143. The molecule has 0 radical (unpaired) electrons. The van der Waals surface area contributed by atoms with Gasteiger partial charge in [0.25, 0.3) is 5.91 Å². The zero-order chi connectivity index (χ0) is 23.5. The van der Waals surface area contributed by atoms with Gasteiger partial charge >= 0.3 is 5.97 Å². The lowest BCUT2D eigenvalue weighted by Gasteiger charge is -2.18. The molecule has 4 N–H and O–H groups in total. The monoisotopic (exact) mass is 444 g/mol. The van der Waals surface area contributed by atoms with Gasteiger partial charge in [0.15, 0.2) is 0 Å².